The minimum atomic E-state index is -0.124. The molecule has 0 spiro atoms. The fourth-order valence-electron chi connectivity index (χ4n) is 3.13. The number of piperidine rings is 1. The molecule has 2 aromatic rings. The topological polar surface area (TPSA) is 66.4 Å². The molecule has 1 aromatic heterocycles. The Labute approximate surface area is 141 Å². The van der Waals surface area contributed by atoms with Crippen LogP contribution in [0.2, 0.25) is 0 Å². The Kier molecular flexibility index (Phi) is 4.74. The van der Waals surface area contributed by atoms with Gasteiger partial charge in [0.15, 0.2) is 0 Å². The number of rotatable bonds is 4. The standard InChI is InChI=1S/C18H22N4O2/c1-3-22-11-13(8-9-17(22)23)18(24)21(2)12-14-10-19-15-6-4-5-7-16(15)20-14/h4-7,10,13H,3,8-9,11-12H2,1-2H3/t13-/m1/s1. The average molecular weight is 326 g/mol. The second kappa shape index (κ2) is 6.95. The van der Waals surface area contributed by atoms with Crippen LogP contribution in [0.3, 0.4) is 0 Å². The zero-order valence-corrected chi connectivity index (χ0v) is 14.1. The molecular formula is C18H22N4O2. The van der Waals surface area contributed by atoms with Gasteiger partial charge in [-0.15, -0.1) is 0 Å². The highest BCUT2D eigenvalue weighted by atomic mass is 16.2. The lowest BCUT2D eigenvalue weighted by molar-refractivity contribution is -0.142. The summed E-state index contributed by atoms with van der Waals surface area (Å²) in [5, 5.41) is 0. The number of likely N-dealkylation sites (tertiary alicyclic amines) is 1. The number of fused-ring (bicyclic) bond motifs is 1. The first-order valence-corrected chi connectivity index (χ1v) is 8.32. The van der Waals surface area contributed by atoms with Crippen molar-refractivity contribution in [3.8, 4) is 0 Å². The number of carbonyl (C=O) groups excluding carboxylic acids is 2. The third kappa shape index (κ3) is 3.37. The molecule has 1 aliphatic rings. The van der Waals surface area contributed by atoms with Gasteiger partial charge in [-0.3, -0.25) is 14.6 Å². The Morgan fingerprint density at radius 3 is 2.83 bits per heavy atom. The maximum atomic E-state index is 12.7. The van der Waals surface area contributed by atoms with E-state index in [1.54, 1.807) is 23.0 Å². The molecule has 126 valence electrons. The van der Waals surface area contributed by atoms with Gasteiger partial charge in [0, 0.05) is 26.6 Å². The molecular weight excluding hydrogens is 304 g/mol. The highest BCUT2D eigenvalue weighted by molar-refractivity contribution is 5.83. The Hall–Kier alpha value is -2.50. The third-order valence-corrected chi connectivity index (χ3v) is 4.50. The molecule has 24 heavy (non-hydrogen) atoms. The molecule has 0 unspecified atom stereocenters. The van der Waals surface area contributed by atoms with E-state index in [1.165, 1.54) is 0 Å². The van der Waals surface area contributed by atoms with Crippen molar-refractivity contribution >= 4 is 22.8 Å². The first kappa shape index (κ1) is 16.4. The van der Waals surface area contributed by atoms with E-state index in [2.05, 4.69) is 9.97 Å². The van der Waals surface area contributed by atoms with Gasteiger partial charge in [0.05, 0.1) is 35.4 Å². The van der Waals surface area contributed by atoms with E-state index in [0.29, 0.717) is 32.5 Å². The summed E-state index contributed by atoms with van der Waals surface area (Å²) < 4.78 is 0. The number of para-hydroxylation sites is 2. The number of aromatic nitrogens is 2. The monoisotopic (exact) mass is 326 g/mol. The van der Waals surface area contributed by atoms with Crippen molar-refractivity contribution in [1.29, 1.82) is 0 Å². The van der Waals surface area contributed by atoms with Crippen LogP contribution in [-0.4, -0.2) is 51.7 Å². The minimum absolute atomic E-state index is 0.0657. The van der Waals surface area contributed by atoms with E-state index >= 15 is 0 Å². The predicted octanol–water partition coefficient (Wildman–Crippen LogP) is 1.85. The van der Waals surface area contributed by atoms with Crippen LogP contribution in [0.5, 0.6) is 0 Å². The van der Waals surface area contributed by atoms with E-state index in [1.807, 2.05) is 31.2 Å². The van der Waals surface area contributed by atoms with Gasteiger partial charge in [0.25, 0.3) is 0 Å². The molecule has 1 fully saturated rings. The molecule has 3 rings (SSSR count). The van der Waals surface area contributed by atoms with Gasteiger partial charge in [-0.1, -0.05) is 12.1 Å². The van der Waals surface area contributed by atoms with Crippen molar-refractivity contribution in [2.45, 2.75) is 26.3 Å². The van der Waals surface area contributed by atoms with Crippen LogP contribution in [0.4, 0.5) is 0 Å². The zero-order valence-electron chi connectivity index (χ0n) is 14.1. The normalized spacial score (nSPS) is 18.0. The summed E-state index contributed by atoms with van der Waals surface area (Å²) in [6, 6.07) is 7.68. The van der Waals surface area contributed by atoms with Gasteiger partial charge in [0.2, 0.25) is 11.8 Å². The number of carbonyl (C=O) groups is 2. The molecule has 1 atom stereocenters. The van der Waals surface area contributed by atoms with E-state index < -0.39 is 0 Å². The number of benzene rings is 1. The zero-order chi connectivity index (χ0) is 17.1. The molecule has 0 bridgehead atoms. The van der Waals surface area contributed by atoms with Crippen LogP contribution in [-0.2, 0) is 16.1 Å². The maximum absolute atomic E-state index is 12.7. The molecule has 6 heteroatoms. The van der Waals surface area contributed by atoms with Crippen LogP contribution >= 0.6 is 0 Å². The molecule has 2 amide bonds. The van der Waals surface area contributed by atoms with Crippen molar-refractivity contribution in [2.24, 2.45) is 5.92 Å². The summed E-state index contributed by atoms with van der Waals surface area (Å²) in [4.78, 5) is 36.8. The number of amides is 2. The van der Waals surface area contributed by atoms with Gasteiger partial charge in [-0.25, -0.2) is 4.98 Å². The number of hydrogen-bond acceptors (Lipinski definition) is 4. The SMILES string of the molecule is CCN1C[C@H](C(=O)N(C)Cc2cnc3ccccc3n2)CCC1=O. The molecule has 1 saturated heterocycles. The summed E-state index contributed by atoms with van der Waals surface area (Å²) in [5.74, 6) is 0.0848. The fraction of sp³-hybridized carbons (Fsp3) is 0.444. The Bertz CT molecular complexity index is 762. The van der Waals surface area contributed by atoms with Gasteiger partial charge in [0.1, 0.15) is 0 Å². The Morgan fingerprint density at radius 2 is 2.08 bits per heavy atom. The van der Waals surface area contributed by atoms with Crippen LogP contribution in [0.25, 0.3) is 11.0 Å². The average Bonchev–Trinajstić information content (AvgIpc) is 2.61. The van der Waals surface area contributed by atoms with E-state index in [4.69, 9.17) is 0 Å². The second-order valence-corrected chi connectivity index (χ2v) is 6.21. The summed E-state index contributed by atoms with van der Waals surface area (Å²) in [5.41, 5.74) is 2.44. The van der Waals surface area contributed by atoms with Gasteiger partial charge >= 0.3 is 0 Å². The first-order valence-electron chi connectivity index (χ1n) is 8.32. The van der Waals surface area contributed by atoms with Crippen LogP contribution in [0, 0.1) is 5.92 Å². The Morgan fingerprint density at radius 1 is 1.33 bits per heavy atom. The second-order valence-electron chi connectivity index (χ2n) is 6.21. The number of hydrogen-bond donors (Lipinski definition) is 0. The van der Waals surface area contributed by atoms with Gasteiger partial charge in [-0.2, -0.15) is 0 Å². The molecule has 0 aliphatic carbocycles. The van der Waals surface area contributed by atoms with Crippen LogP contribution in [0.1, 0.15) is 25.5 Å². The Balaban J connectivity index is 1.68. The van der Waals surface area contributed by atoms with E-state index in [-0.39, 0.29) is 17.7 Å². The van der Waals surface area contributed by atoms with Crippen LogP contribution < -0.4 is 0 Å². The molecule has 1 aromatic carbocycles. The highest BCUT2D eigenvalue weighted by Crippen LogP contribution is 2.20. The molecule has 0 saturated carbocycles. The molecule has 0 radical (unpaired) electrons. The molecule has 0 N–H and O–H groups in total. The lowest BCUT2D eigenvalue weighted by Gasteiger charge is -2.33. The van der Waals surface area contributed by atoms with E-state index in [0.717, 1.165) is 16.7 Å². The summed E-state index contributed by atoms with van der Waals surface area (Å²) in [6.45, 7) is 3.54. The van der Waals surface area contributed by atoms with Crippen molar-refractivity contribution in [1.82, 2.24) is 19.8 Å². The fourth-order valence-corrected chi connectivity index (χ4v) is 3.13. The largest absolute Gasteiger partial charge is 0.342 e. The number of nitrogens with zero attached hydrogens (tertiary/aromatic N) is 4. The van der Waals surface area contributed by atoms with E-state index in [9.17, 15) is 9.59 Å². The smallest absolute Gasteiger partial charge is 0.227 e. The molecule has 2 heterocycles. The maximum Gasteiger partial charge on any atom is 0.227 e. The predicted molar refractivity (Wildman–Crippen MR) is 91.0 cm³/mol. The lowest BCUT2D eigenvalue weighted by atomic mass is 9.96. The first-order chi connectivity index (χ1) is 11.6. The van der Waals surface area contributed by atoms with Crippen molar-refractivity contribution in [3.63, 3.8) is 0 Å². The van der Waals surface area contributed by atoms with Crippen LogP contribution in [0.15, 0.2) is 30.5 Å². The van der Waals surface area contributed by atoms with Gasteiger partial charge < -0.3 is 9.80 Å². The highest BCUT2D eigenvalue weighted by Gasteiger charge is 2.31. The summed E-state index contributed by atoms with van der Waals surface area (Å²) >= 11 is 0. The summed E-state index contributed by atoms with van der Waals surface area (Å²) in [7, 11) is 1.78. The van der Waals surface area contributed by atoms with Gasteiger partial charge in [-0.05, 0) is 25.5 Å². The quantitative estimate of drug-likeness (QED) is 0.860. The lowest BCUT2D eigenvalue weighted by Crippen LogP contribution is -2.45. The molecule has 1 aliphatic heterocycles. The van der Waals surface area contributed by atoms with Crippen molar-refractivity contribution < 1.29 is 9.59 Å². The minimum Gasteiger partial charge on any atom is -0.342 e. The third-order valence-electron chi connectivity index (χ3n) is 4.50. The summed E-state index contributed by atoms with van der Waals surface area (Å²) in [6.07, 6.45) is 2.80. The van der Waals surface area contributed by atoms with Crippen molar-refractivity contribution in [2.75, 3.05) is 20.1 Å². The van der Waals surface area contributed by atoms with Crippen molar-refractivity contribution in [3.05, 3.63) is 36.2 Å². The molecule has 6 nitrogen and oxygen atoms in total.